The van der Waals surface area contributed by atoms with Crippen LogP contribution in [0.2, 0.25) is 0 Å². The normalized spacial score (nSPS) is 24.3. The fraction of sp³-hybridized carbons (Fsp3) is 0.400. The summed E-state index contributed by atoms with van der Waals surface area (Å²) >= 11 is 3.28. The molecule has 82 valence electrons. The van der Waals surface area contributed by atoms with Crippen LogP contribution in [0.3, 0.4) is 0 Å². The Morgan fingerprint density at radius 2 is 2.20 bits per heavy atom. The molecule has 1 unspecified atom stereocenters. The number of fused-ring (bicyclic) bond motifs is 1. The first-order valence-electron chi connectivity index (χ1n) is 4.62. The molecule has 0 aromatic heterocycles. The lowest BCUT2D eigenvalue weighted by atomic mass is 10.2. The number of ether oxygens (including phenoxy) is 1. The van der Waals surface area contributed by atoms with E-state index in [1.54, 1.807) is 19.1 Å². The average Bonchev–Trinajstić information content (AvgIpc) is 2.28. The third-order valence-corrected chi connectivity index (χ3v) is 5.16. The van der Waals surface area contributed by atoms with Gasteiger partial charge in [-0.05, 0) is 24.6 Å². The van der Waals surface area contributed by atoms with Crippen molar-refractivity contribution in [3.63, 3.8) is 0 Å². The molecule has 0 amide bonds. The lowest BCUT2D eigenvalue weighted by Crippen LogP contribution is -2.21. The van der Waals surface area contributed by atoms with Crippen LogP contribution in [0.15, 0.2) is 27.6 Å². The fourth-order valence-electron chi connectivity index (χ4n) is 1.55. The second-order valence-corrected chi connectivity index (χ2v) is 6.87. The number of sulfone groups is 1. The number of benzene rings is 1. The zero-order chi connectivity index (χ0) is 11.1. The van der Waals surface area contributed by atoms with E-state index in [-0.39, 0.29) is 6.61 Å². The quantitative estimate of drug-likeness (QED) is 0.735. The number of hydrogen-bond acceptors (Lipinski definition) is 3. The van der Waals surface area contributed by atoms with Crippen molar-refractivity contribution in [1.29, 1.82) is 0 Å². The second kappa shape index (κ2) is 3.88. The first-order chi connectivity index (χ1) is 7.01. The van der Waals surface area contributed by atoms with Gasteiger partial charge in [0.15, 0.2) is 9.84 Å². The van der Waals surface area contributed by atoms with Gasteiger partial charge in [0.1, 0.15) is 0 Å². The molecule has 0 spiro atoms. The Morgan fingerprint density at radius 3 is 2.93 bits per heavy atom. The second-order valence-electron chi connectivity index (χ2n) is 3.62. The number of hydrogen-bond donors (Lipinski definition) is 0. The highest BCUT2D eigenvalue weighted by Crippen LogP contribution is 2.27. The predicted octanol–water partition coefficient (Wildman–Crippen LogP) is 2.14. The summed E-state index contributed by atoms with van der Waals surface area (Å²) in [5.74, 6) is 0. The van der Waals surface area contributed by atoms with Crippen LogP contribution in [0.1, 0.15) is 12.5 Å². The van der Waals surface area contributed by atoms with E-state index in [1.165, 1.54) is 0 Å². The van der Waals surface area contributed by atoms with Gasteiger partial charge in [0.25, 0.3) is 0 Å². The Balaban J connectivity index is 2.66. The topological polar surface area (TPSA) is 43.4 Å². The maximum atomic E-state index is 12.1. The van der Waals surface area contributed by atoms with Crippen LogP contribution in [0, 0.1) is 0 Å². The molecule has 1 aromatic carbocycles. The Labute approximate surface area is 97.5 Å². The van der Waals surface area contributed by atoms with Crippen LogP contribution < -0.4 is 0 Å². The van der Waals surface area contributed by atoms with Gasteiger partial charge < -0.3 is 4.74 Å². The van der Waals surface area contributed by atoms with Crippen LogP contribution >= 0.6 is 15.9 Å². The third-order valence-electron chi connectivity index (χ3n) is 2.48. The third kappa shape index (κ3) is 1.96. The molecule has 3 nitrogen and oxygen atoms in total. The minimum absolute atomic E-state index is 0.259. The first kappa shape index (κ1) is 11.1. The molecule has 0 aliphatic carbocycles. The molecule has 5 heteroatoms. The van der Waals surface area contributed by atoms with E-state index >= 15 is 0 Å². The van der Waals surface area contributed by atoms with Crippen molar-refractivity contribution < 1.29 is 13.2 Å². The van der Waals surface area contributed by atoms with Gasteiger partial charge in [-0.25, -0.2) is 8.42 Å². The van der Waals surface area contributed by atoms with E-state index in [1.807, 2.05) is 6.07 Å². The molecule has 15 heavy (non-hydrogen) atoms. The van der Waals surface area contributed by atoms with Crippen molar-refractivity contribution in [3.05, 3.63) is 28.2 Å². The lowest BCUT2D eigenvalue weighted by molar-refractivity contribution is 0.124. The monoisotopic (exact) mass is 290 g/mol. The van der Waals surface area contributed by atoms with Gasteiger partial charge in [-0.15, -0.1) is 0 Å². The maximum absolute atomic E-state index is 12.1. The molecule has 1 aliphatic heterocycles. The molecular weight excluding hydrogens is 280 g/mol. The van der Waals surface area contributed by atoms with Gasteiger partial charge in [0.2, 0.25) is 0 Å². The maximum Gasteiger partial charge on any atom is 0.183 e. The lowest BCUT2D eigenvalue weighted by Gasteiger charge is -2.09. The van der Waals surface area contributed by atoms with E-state index in [2.05, 4.69) is 15.9 Å². The van der Waals surface area contributed by atoms with Crippen molar-refractivity contribution in [1.82, 2.24) is 0 Å². The Hall–Kier alpha value is -0.390. The van der Waals surface area contributed by atoms with E-state index in [0.717, 1.165) is 10.0 Å². The summed E-state index contributed by atoms with van der Waals surface area (Å²) in [4.78, 5) is 0.391. The molecule has 0 saturated carbocycles. The molecule has 0 N–H and O–H groups in total. The molecule has 0 fully saturated rings. The highest BCUT2D eigenvalue weighted by molar-refractivity contribution is 9.10. The van der Waals surface area contributed by atoms with Gasteiger partial charge in [0.05, 0.1) is 23.4 Å². The van der Waals surface area contributed by atoms with Gasteiger partial charge in [0, 0.05) is 4.47 Å². The smallest absolute Gasteiger partial charge is 0.183 e. The summed E-state index contributed by atoms with van der Waals surface area (Å²) in [7, 11) is -3.23. The Bertz CT molecular complexity index is 481. The van der Waals surface area contributed by atoms with E-state index in [4.69, 9.17) is 4.74 Å². The molecular formula is C10H11BrO3S. The van der Waals surface area contributed by atoms with Crippen LogP contribution in [-0.4, -0.2) is 20.3 Å². The number of rotatable bonds is 0. The minimum Gasteiger partial charge on any atom is -0.375 e. The molecule has 0 saturated heterocycles. The molecule has 2 rings (SSSR count). The van der Waals surface area contributed by atoms with Gasteiger partial charge >= 0.3 is 0 Å². The minimum atomic E-state index is -3.23. The van der Waals surface area contributed by atoms with Crippen molar-refractivity contribution in [3.8, 4) is 0 Å². The summed E-state index contributed by atoms with van der Waals surface area (Å²) < 4.78 is 30.2. The van der Waals surface area contributed by atoms with Gasteiger partial charge in [-0.1, -0.05) is 22.0 Å². The van der Waals surface area contributed by atoms with Crippen molar-refractivity contribution in [2.24, 2.45) is 0 Å². The van der Waals surface area contributed by atoms with Crippen LogP contribution in [-0.2, 0) is 21.2 Å². The molecule has 1 atom stereocenters. The summed E-state index contributed by atoms with van der Waals surface area (Å²) in [6, 6.07) is 5.26. The van der Waals surface area contributed by atoms with E-state index < -0.39 is 15.1 Å². The Kier molecular flexibility index (Phi) is 2.87. The van der Waals surface area contributed by atoms with E-state index in [9.17, 15) is 8.42 Å². The summed E-state index contributed by atoms with van der Waals surface area (Å²) in [5, 5.41) is -0.479. The van der Waals surface area contributed by atoms with Crippen molar-refractivity contribution >= 4 is 25.8 Å². The fourth-order valence-corrected chi connectivity index (χ4v) is 3.56. The first-order valence-corrected chi connectivity index (χ1v) is 6.96. The van der Waals surface area contributed by atoms with Crippen molar-refractivity contribution in [2.45, 2.75) is 23.7 Å². The van der Waals surface area contributed by atoms with Gasteiger partial charge in [-0.3, -0.25) is 0 Å². The van der Waals surface area contributed by atoms with Crippen LogP contribution in [0.4, 0.5) is 0 Å². The zero-order valence-corrected chi connectivity index (χ0v) is 10.6. The van der Waals surface area contributed by atoms with E-state index in [0.29, 0.717) is 11.5 Å². The molecule has 1 aromatic rings. The summed E-state index contributed by atoms with van der Waals surface area (Å²) in [6.45, 7) is 2.30. The zero-order valence-electron chi connectivity index (χ0n) is 8.23. The predicted molar refractivity (Wildman–Crippen MR) is 60.4 cm³/mol. The highest BCUT2D eigenvalue weighted by atomic mass is 79.9. The summed E-state index contributed by atoms with van der Waals surface area (Å²) in [5.41, 5.74) is 0.738. The van der Waals surface area contributed by atoms with Crippen molar-refractivity contribution in [2.75, 3.05) is 6.61 Å². The average molecular weight is 291 g/mol. The van der Waals surface area contributed by atoms with Crippen LogP contribution in [0.5, 0.6) is 0 Å². The molecule has 0 bridgehead atoms. The highest BCUT2D eigenvalue weighted by Gasteiger charge is 2.29. The summed E-state index contributed by atoms with van der Waals surface area (Å²) in [6.07, 6.45) is 0. The molecule has 1 heterocycles. The standard InChI is InChI=1S/C10H11BrO3S/c1-7-5-14-6-8-2-3-9(11)4-10(8)15(7,12)13/h2-4,7H,5-6H2,1H3. The SMILES string of the molecule is CC1COCc2ccc(Br)cc2S1(=O)=O. The molecule has 0 radical (unpaired) electrons. The van der Waals surface area contributed by atoms with Crippen LogP contribution in [0.25, 0.3) is 0 Å². The number of halogens is 1. The van der Waals surface area contributed by atoms with Gasteiger partial charge in [-0.2, -0.15) is 0 Å². The molecule has 1 aliphatic rings. The Morgan fingerprint density at radius 1 is 1.47 bits per heavy atom. The largest absolute Gasteiger partial charge is 0.375 e.